The molecule has 1 amide bonds. The Hall–Kier alpha value is -3.42. The van der Waals surface area contributed by atoms with E-state index >= 15 is 0 Å². The van der Waals surface area contributed by atoms with Gasteiger partial charge in [0.15, 0.2) is 11.4 Å². The molecule has 0 bridgehead atoms. The smallest absolute Gasteiger partial charge is 0.354 e. The van der Waals surface area contributed by atoms with Crippen LogP contribution >= 0.6 is 0 Å². The molecule has 0 unspecified atom stereocenters. The van der Waals surface area contributed by atoms with E-state index in [2.05, 4.69) is 10.2 Å². The molecule has 2 aromatic heterocycles. The van der Waals surface area contributed by atoms with Gasteiger partial charge in [-0.3, -0.25) is 9.48 Å². The van der Waals surface area contributed by atoms with Gasteiger partial charge in [-0.2, -0.15) is 10.2 Å². The van der Waals surface area contributed by atoms with Gasteiger partial charge in [-0.25, -0.2) is 9.48 Å². The summed E-state index contributed by atoms with van der Waals surface area (Å²) in [6, 6.07) is 10.3. The molecule has 0 spiro atoms. The van der Waals surface area contributed by atoms with Gasteiger partial charge >= 0.3 is 5.97 Å². The standard InChI is InChI=1S/C19H19N5O3/c1-22-16-8-5-9-23(12-13(16)11-20-22)18(25)15-10-17(19(26)27)24(21-15)14-6-3-2-4-7-14/h2-4,6-7,10-11H,5,8-9,12H2,1H3,(H,26,27). The van der Waals surface area contributed by atoms with E-state index in [1.165, 1.54) is 10.7 Å². The average molecular weight is 365 g/mol. The quantitative estimate of drug-likeness (QED) is 0.765. The molecule has 1 aliphatic rings. The Morgan fingerprint density at radius 2 is 1.96 bits per heavy atom. The molecule has 3 heterocycles. The molecule has 1 aromatic carbocycles. The molecule has 0 saturated carbocycles. The number of aryl methyl sites for hydroxylation is 1. The van der Waals surface area contributed by atoms with Crippen molar-refractivity contribution in [1.29, 1.82) is 0 Å². The summed E-state index contributed by atoms with van der Waals surface area (Å²) in [6.45, 7) is 1.04. The summed E-state index contributed by atoms with van der Waals surface area (Å²) < 4.78 is 3.14. The van der Waals surface area contributed by atoms with Gasteiger partial charge in [0.2, 0.25) is 0 Å². The number of hydrogen-bond donors (Lipinski definition) is 1. The average Bonchev–Trinajstić information content (AvgIpc) is 3.19. The van der Waals surface area contributed by atoms with Crippen molar-refractivity contribution in [1.82, 2.24) is 24.5 Å². The maximum atomic E-state index is 13.0. The molecule has 138 valence electrons. The van der Waals surface area contributed by atoms with Gasteiger partial charge in [-0.1, -0.05) is 18.2 Å². The number of aromatic nitrogens is 4. The first-order chi connectivity index (χ1) is 13.0. The Morgan fingerprint density at radius 1 is 1.19 bits per heavy atom. The van der Waals surface area contributed by atoms with E-state index in [4.69, 9.17) is 0 Å². The predicted molar refractivity (Wildman–Crippen MR) is 96.8 cm³/mol. The van der Waals surface area contributed by atoms with Gasteiger partial charge in [0.05, 0.1) is 11.9 Å². The van der Waals surface area contributed by atoms with Gasteiger partial charge < -0.3 is 10.0 Å². The third-order valence-electron chi connectivity index (χ3n) is 4.79. The summed E-state index contributed by atoms with van der Waals surface area (Å²) in [5.74, 6) is -1.40. The number of carboxylic acid groups (broad SMARTS) is 1. The lowest BCUT2D eigenvalue weighted by molar-refractivity contribution is 0.0686. The van der Waals surface area contributed by atoms with Gasteiger partial charge in [-0.15, -0.1) is 0 Å². The molecule has 0 atom stereocenters. The van der Waals surface area contributed by atoms with Crippen molar-refractivity contribution in [3.63, 3.8) is 0 Å². The molecule has 0 fully saturated rings. The molecule has 8 heteroatoms. The van der Waals surface area contributed by atoms with Gasteiger partial charge in [0, 0.05) is 37.5 Å². The SMILES string of the molecule is Cn1ncc2c1CCCN(C(=O)c1cc(C(=O)O)n(-c3ccccc3)n1)C2. The Morgan fingerprint density at radius 3 is 2.70 bits per heavy atom. The molecule has 4 rings (SSSR count). The fourth-order valence-electron chi connectivity index (χ4n) is 3.42. The Bertz CT molecular complexity index is 1010. The number of rotatable bonds is 3. The highest BCUT2D eigenvalue weighted by Gasteiger charge is 2.26. The van der Waals surface area contributed by atoms with Crippen molar-refractivity contribution in [2.45, 2.75) is 19.4 Å². The molecule has 27 heavy (non-hydrogen) atoms. The molecule has 0 aliphatic carbocycles. The van der Waals surface area contributed by atoms with E-state index in [1.807, 2.05) is 17.8 Å². The first-order valence-corrected chi connectivity index (χ1v) is 8.72. The molecule has 8 nitrogen and oxygen atoms in total. The number of benzene rings is 1. The minimum absolute atomic E-state index is 0.0403. The Labute approximate surface area is 155 Å². The van der Waals surface area contributed by atoms with E-state index in [0.717, 1.165) is 24.1 Å². The van der Waals surface area contributed by atoms with E-state index in [-0.39, 0.29) is 17.3 Å². The van der Waals surface area contributed by atoms with Crippen LogP contribution in [0.4, 0.5) is 0 Å². The number of para-hydroxylation sites is 1. The maximum absolute atomic E-state index is 13.0. The molecular weight excluding hydrogens is 346 g/mol. The molecule has 3 aromatic rings. The lowest BCUT2D eigenvalue weighted by atomic mass is 10.2. The second kappa shape index (κ2) is 6.71. The van der Waals surface area contributed by atoms with Crippen LogP contribution in [0.1, 0.15) is 38.7 Å². The van der Waals surface area contributed by atoms with Crippen LogP contribution in [-0.4, -0.2) is 48.0 Å². The summed E-state index contributed by atoms with van der Waals surface area (Å²) in [4.78, 5) is 26.4. The van der Waals surface area contributed by atoms with Crippen molar-refractivity contribution in [2.24, 2.45) is 7.05 Å². The van der Waals surface area contributed by atoms with Crippen LogP contribution in [0, 0.1) is 0 Å². The number of carboxylic acids is 1. The number of nitrogens with zero attached hydrogens (tertiary/aromatic N) is 5. The third-order valence-corrected chi connectivity index (χ3v) is 4.79. The van der Waals surface area contributed by atoms with Gasteiger partial charge in [0.1, 0.15) is 0 Å². The van der Waals surface area contributed by atoms with Crippen molar-refractivity contribution in [3.05, 3.63) is 65.2 Å². The molecule has 1 N–H and O–H groups in total. The first kappa shape index (κ1) is 17.0. The number of fused-ring (bicyclic) bond motifs is 1. The van der Waals surface area contributed by atoms with Crippen molar-refractivity contribution in [2.75, 3.05) is 6.54 Å². The summed E-state index contributed by atoms with van der Waals surface area (Å²) >= 11 is 0. The lowest BCUT2D eigenvalue weighted by Crippen LogP contribution is -2.31. The van der Waals surface area contributed by atoms with E-state index in [1.54, 1.807) is 35.4 Å². The molecular formula is C19H19N5O3. The van der Waals surface area contributed by atoms with Crippen LogP contribution in [0.5, 0.6) is 0 Å². The molecule has 0 saturated heterocycles. The minimum Gasteiger partial charge on any atom is -0.477 e. The second-order valence-corrected chi connectivity index (χ2v) is 6.54. The zero-order valence-corrected chi connectivity index (χ0v) is 14.9. The van der Waals surface area contributed by atoms with E-state index < -0.39 is 5.97 Å². The van der Waals surface area contributed by atoms with Crippen LogP contribution in [0.3, 0.4) is 0 Å². The number of hydrogen-bond acceptors (Lipinski definition) is 4. The monoisotopic (exact) mass is 365 g/mol. The third kappa shape index (κ3) is 3.10. The summed E-state index contributed by atoms with van der Waals surface area (Å²) in [7, 11) is 1.90. The lowest BCUT2D eigenvalue weighted by Gasteiger charge is -2.18. The fourth-order valence-corrected chi connectivity index (χ4v) is 3.42. The highest BCUT2D eigenvalue weighted by Crippen LogP contribution is 2.20. The second-order valence-electron chi connectivity index (χ2n) is 6.54. The topological polar surface area (TPSA) is 93.3 Å². The van der Waals surface area contributed by atoms with Crippen LogP contribution in [0.25, 0.3) is 5.69 Å². The Kier molecular flexibility index (Phi) is 4.23. The maximum Gasteiger partial charge on any atom is 0.354 e. The zero-order valence-electron chi connectivity index (χ0n) is 14.9. The van der Waals surface area contributed by atoms with E-state index in [9.17, 15) is 14.7 Å². The van der Waals surface area contributed by atoms with Crippen molar-refractivity contribution < 1.29 is 14.7 Å². The Balaban J connectivity index is 1.67. The van der Waals surface area contributed by atoms with Crippen LogP contribution < -0.4 is 0 Å². The van der Waals surface area contributed by atoms with E-state index in [0.29, 0.717) is 18.8 Å². The summed E-state index contributed by atoms with van der Waals surface area (Å²) in [5, 5.41) is 18.1. The highest BCUT2D eigenvalue weighted by atomic mass is 16.4. The summed E-state index contributed by atoms with van der Waals surface area (Å²) in [6.07, 6.45) is 3.46. The highest BCUT2D eigenvalue weighted by molar-refractivity contribution is 5.96. The van der Waals surface area contributed by atoms with Gasteiger partial charge in [-0.05, 0) is 25.0 Å². The van der Waals surface area contributed by atoms with Crippen LogP contribution in [0.15, 0.2) is 42.6 Å². The molecule has 1 aliphatic heterocycles. The van der Waals surface area contributed by atoms with Gasteiger partial charge in [0.25, 0.3) is 5.91 Å². The fraction of sp³-hybridized carbons (Fsp3) is 0.263. The number of aromatic carboxylic acids is 1. The zero-order chi connectivity index (χ0) is 19.0. The normalized spacial score (nSPS) is 13.9. The van der Waals surface area contributed by atoms with Crippen LogP contribution in [-0.2, 0) is 20.0 Å². The van der Waals surface area contributed by atoms with Crippen molar-refractivity contribution >= 4 is 11.9 Å². The number of carbonyl (C=O) groups excluding carboxylic acids is 1. The number of amides is 1. The summed E-state index contributed by atoms with van der Waals surface area (Å²) in [5.41, 5.74) is 2.83. The van der Waals surface area contributed by atoms with Crippen molar-refractivity contribution in [3.8, 4) is 5.69 Å². The first-order valence-electron chi connectivity index (χ1n) is 8.72. The predicted octanol–water partition coefficient (Wildman–Crippen LogP) is 1.89. The largest absolute Gasteiger partial charge is 0.477 e. The van der Waals surface area contributed by atoms with Crippen LogP contribution in [0.2, 0.25) is 0 Å². The molecule has 0 radical (unpaired) electrons. The minimum atomic E-state index is -1.13. The number of carbonyl (C=O) groups is 2.